The highest BCUT2D eigenvalue weighted by molar-refractivity contribution is 5.23. The monoisotopic (exact) mass is 201 g/mol. The molecule has 1 nitrogen and oxygen atoms in total. The van der Waals surface area contributed by atoms with Crippen molar-refractivity contribution in [1.82, 2.24) is 5.32 Å². The predicted octanol–water partition coefficient (Wildman–Crippen LogP) is 2.54. The van der Waals surface area contributed by atoms with Gasteiger partial charge in [0, 0.05) is 6.54 Å². The lowest BCUT2D eigenvalue weighted by Gasteiger charge is -2.53. The van der Waals surface area contributed by atoms with E-state index in [2.05, 4.69) is 36.5 Å². The number of hydrogen-bond donors (Lipinski definition) is 1. The second-order valence-electron chi connectivity index (χ2n) is 5.57. The van der Waals surface area contributed by atoms with E-state index in [4.69, 9.17) is 0 Å². The molecule has 2 saturated heterocycles. The van der Waals surface area contributed by atoms with E-state index in [-0.39, 0.29) is 0 Å². The molecule has 4 rings (SSSR count). The molecule has 3 aliphatic rings. The Balaban J connectivity index is 1.72. The van der Waals surface area contributed by atoms with Crippen LogP contribution in [0, 0.1) is 18.3 Å². The maximum atomic E-state index is 3.56. The van der Waals surface area contributed by atoms with Gasteiger partial charge in [0.15, 0.2) is 0 Å². The number of hydrogen-bond acceptors (Lipinski definition) is 1. The Morgan fingerprint density at radius 3 is 2.60 bits per heavy atom. The van der Waals surface area contributed by atoms with Gasteiger partial charge in [0.2, 0.25) is 0 Å². The van der Waals surface area contributed by atoms with Crippen molar-refractivity contribution in [3.05, 3.63) is 35.4 Å². The van der Waals surface area contributed by atoms with Crippen molar-refractivity contribution < 1.29 is 0 Å². The number of rotatable bonds is 2. The molecule has 0 amide bonds. The lowest BCUT2D eigenvalue weighted by Crippen LogP contribution is -2.55. The summed E-state index contributed by atoms with van der Waals surface area (Å²) in [4.78, 5) is 0. The fourth-order valence-corrected chi connectivity index (χ4v) is 3.34. The van der Waals surface area contributed by atoms with Gasteiger partial charge in [-0.05, 0) is 49.6 Å². The van der Waals surface area contributed by atoms with E-state index in [1.54, 1.807) is 0 Å². The number of benzene rings is 1. The molecule has 0 radical (unpaired) electrons. The molecule has 2 aliphatic heterocycles. The highest BCUT2D eigenvalue weighted by Gasteiger charge is 2.46. The summed E-state index contributed by atoms with van der Waals surface area (Å²) in [7, 11) is 0. The summed E-state index contributed by atoms with van der Waals surface area (Å²) >= 11 is 0. The molecule has 0 unspecified atom stereocenters. The van der Waals surface area contributed by atoms with Crippen LogP contribution in [-0.4, -0.2) is 13.1 Å². The van der Waals surface area contributed by atoms with E-state index in [1.807, 2.05) is 0 Å². The van der Waals surface area contributed by atoms with Crippen molar-refractivity contribution in [2.45, 2.75) is 26.2 Å². The third-order valence-corrected chi connectivity index (χ3v) is 4.08. The van der Waals surface area contributed by atoms with Gasteiger partial charge >= 0.3 is 0 Å². The zero-order chi connectivity index (χ0) is 10.3. The predicted molar refractivity (Wildman–Crippen MR) is 62.9 cm³/mol. The van der Waals surface area contributed by atoms with Crippen LogP contribution in [0.1, 0.15) is 24.0 Å². The molecule has 1 aromatic rings. The summed E-state index contributed by atoms with van der Waals surface area (Å²) in [6.07, 6.45) is 4.18. The molecule has 3 fully saturated rings. The van der Waals surface area contributed by atoms with Crippen LogP contribution in [0.4, 0.5) is 0 Å². The second-order valence-corrected chi connectivity index (χ2v) is 5.57. The van der Waals surface area contributed by atoms with Crippen LogP contribution in [-0.2, 0) is 6.42 Å². The molecule has 2 heterocycles. The number of piperidine rings is 2. The van der Waals surface area contributed by atoms with Gasteiger partial charge in [0.25, 0.3) is 0 Å². The molecule has 1 heteroatoms. The van der Waals surface area contributed by atoms with Crippen LogP contribution < -0.4 is 5.32 Å². The standard InChI is InChI=1S/C14H19N/c1-11-2-4-12(5-3-11)6-14-7-13(8-14)9-15-10-14/h2-5,13,15H,6-10H2,1H3. The van der Waals surface area contributed by atoms with Crippen molar-refractivity contribution in [2.24, 2.45) is 11.3 Å². The van der Waals surface area contributed by atoms with E-state index in [1.165, 1.54) is 43.5 Å². The Labute approximate surface area is 91.9 Å². The minimum atomic E-state index is 0.609. The van der Waals surface area contributed by atoms with Crippen LogP contribution >= 0.6 is 0 Å². The van der Waals surface area contributed by atoms with E-state index >= 15 is 0 Å². The van der Waals surface area contributed by atoms with Crippen LogP contribution in [0.15, 0.2) is 24.3 Å². The van der Waals surface area contributed by atoms with Gasteiger partial charge in [-0.3, -0.25) is 0 Å². The first-order chi connectivity index (χ1) is 7.26. The first-order valence-corrected chi connectivity index (χ1v) is 6.02. The zero-order valence-corrected chi connectivity index (χ0v) is 9.42. The average molecular weight is 201 g/mol. The fourth-order valence-electron chi connectivity index (χ4n) is 3.34. The Kier molecular flexibility index (Phi) is 2.10. The fraction of sp³-hybridized carbons (Fsp3) is 0.571. The summed E-state index contributed by atoms with van der Waals surface area (Å²) in [5.41, 5.74) is 3.49. The number of nitrogens with one attached hydrogen (secondary N) is 1. The van der Waals surface area contributed by atoms with E-state index in [0.29, 0.717) is 5.41 Å². The first-order valence-electron chi connectivity index (χ1n) is 6.02. The van der Waals surface area contributed by atoms with Crippen LogP contribution in [0.2, 0.25) is 0 Å². The van der Waals surface area contributed by atoms with Crippen molar-refractivity contribution in [2.75, 3.05) is 13.1 Å². The third-order valence-electron chi connectivity index (χ3n) is 4.08. The Bertz CT molecular complexity index is 341. The molecule has 0 spiro atoms. The topological polar surface area (TPSA) is 12.0 Å². The summed E-state index contributed by atoms with van der Waals surface area (Å²) in [5.74, 6) is 0.976. The van der Waals surface area contributed by atoms with Gasteiger partial charge in [-0.1, -0.05) is 29.8 Å². The summed E-state index contributed by atoms with van der Waals surface area (Å²) in [6.45, 7) is 4.65. The molecule has 15 heavy (non-hydrogen) atoms. The van der Waals surface area contributed by atoms with Crippen molar-refractivity contribution in [3.63, 3.8) is 0 Å². The molecule has 1 N–H and O–H groups in total. The average Bonchev–Trinajstić information content (AvgIpc) is 2.21. The number of aryl methyl sites for hydroxylation is 1. The van der Waals surface area contributed by atoms with Gasteiger partial charge in [0.05, 0.1) is 0 Å². The van der Waals surface area contributed by atoms with Crippen LogP contribution in [0.5, 0.6) is 0 Å². The maximum absolute atomic E-state index is 3.56. The van der Waals surface area contributed by atoms with Gasteiger partial charge in [-0.25, -0.2) is 0 Å². The first kappa shape index (κ1) is 9.41. The minimum Gasteiger partial charge on any atom is -0.316 e. The summed E-state index contributed by atoms with van der Waals surface area (Å²) < 4.78 is 0. The normalized spacial score (nSPS) is 33.5. The Hall–Kier alpha value is -0.820. The van der Waals surface area contributed by atoms with Gasteiger partial charge in [-0.2, -0.15) is 0 Å². The smallest absolute Gasteiger partial charge is 0.00113 e. The van der Waals surface area contributed by atoms with E-state index < -0.39 is 0 Å². The lowest BCUT2D eigenvalue weighted by atomic mass is 9.57. The number of fused-ring (bicyclic) bond motifs is 2. The molecule has 2 bridgehead atoms. The molecule has 1 aromatic carbocycles. The third kappa shape index (κ3) is 1.69. The molecule has 1 aliphatic carbocycles. The van der Waals surface area contributed by atoms with Crippen molar-refractivity contribution >= 4 is 0 Å². The Morgan fingerprint density at radius 2 is 2.00 bits per heavy atom. The largest absolute Gasteiger partial charge is 0.316 e. The SMILES string of the molecule is Cc1ccc(CC23CNCC(C2)C3)cc1. The van der Waals surface area contributed by atoms with Crippen molar-refractivity contribution in [1.29, 1.82) is 0 Å². The van der Waals surface area contributed by atoms with E-state index in [0.717, 1.165) is 5.92 Å². The molecular formula is C14H19N. The van der Waals surface area contributed by atoms with Gasteiger partial charge in [0.1, 0.15) is 0 Å². The molecular weight excluding hydrogens is 182 g/mol. The van der Waals surface area contributed by atoms with Crippen LogP contribution in [0.3, 0.4) is 0 Å². The highest BCUT2D eigenvalue weighted by Crippen LogP contribution is 2.49. The highest BCUT2D eigenvalue weighted by atomic mass is 14.9. The lowest BCUT2D eigenvalue weighted by molar-refractivity contribution is 0.0145. The second kappa shape index (κ2) is 3.34. The van der Waals surface area contributed by atoms with Gasteiger partial charge in [-0.15, -0.1) is 0 Å². The van der Waals surface area contributed by atoms with Crippen LogP contribution in [0.25, 0.3) is 0 Å². The maximum Gasteiger partial charge on any atom is 0.00113 e. The summed E-state index contributed by atoms with van der Waals surface area (Å²) in [5, 5.41) is 3.56. The minimum absolute atomic E-state index is 0.609. The Morgan fingerprint density at radius 1 is 1.27 bits per heavy atom. The molecule has 0 atom stereocenters. The molecule has 1 saturated carbocycles. The molecule has 80 valence electrons. The quantitative estimate of drug-likeness (QED) is 0.775. The van der Waals surface area contributed by atoms with Gasteiger partial charge < -0.3 is 5.32 Å². The summed E-state index contributed by atoms with van der Waals surface area (Å²) in [6, 6.07) is 9.06. The van der Waals surface area contributed by atoms with Crippen molar-refractivity contribution in [3.8, 4) is 0 Å². The zero-order valence-electron chi connectivity index (χ0n) is 9.42. The van der Waals surface area contributed by atoms with E-state index in [9.17, 15) is 0 Å². The molecule has 0 aromatic heterocycles.